The summed E-state index contributed by atoms with van der Waals surface area (Å²) in [7, 11) is 0. The number of alkyl halides is 1. The van der Waals surface area contributed by atoms with Crippen molar-refractivity contribution in [2.75, 3.05) is 10.8 Å². The number of nitrogens with zero attached hydrogens (tertiary/aromatic N) is 1. The van der Waals surface area contributed by atoms with E-state index in [2.05, 4.69) is 12.1 Å². The molecule has 39 heavy (non-hydrogen) atoms. The molecule has 4 atom stereocenters. The number of carbonyl (C=O) groups is 4. The highest BCUT2D eigenvalue weighted by molar-refractivity contribution is 6.22. The van der Waals surface area contributed by atoms with E-state index in [9.17, 15) is 23.6 Å². The molecule has 0 bridgehead atoms. The molecular weight excluding hydrogens is 521 g/mol. The smallest absolute Gasteiger partial charge is 0.338 e. The predicted octanol–water partition coefficient (Wildman–Crippen LogP) is 5.94. The Balaban J connectivity index is 1.32. The number of carbonyl (C=O) groups excluding carboxylic acids is 4. The highest BCUT2D eigenvalue weighted by Gasteiger charge is 2.50. The quantitative estimate of drug-likeness (QED) is 0.151. The molecule has 0 N–H and O–H groups in total. The second kappa shape index (κ2) is 11.5. The lowest BCUT2D eigenvalue weighted by molar-refractivity contribution is -0.122. The molecule has 0 aromatic heterocycles. The fourth-order valence-electron chi connectivity index (χ4n) is 5.57. The molecule has 1 aliphatic heterocycles. The van der Waals surface area contributed by atoms with Gasteiger partial charge in [-0.1, -0.05) is 36.4 Å². The Hall–Kier alpha value is -3.84. The fraction of sp³-hybridized carbons (Fsp3) is 0.290. The third-order valence-electron chi connectivity index (χ3n) is 7.58. The Morgan fingerprint density at radius 3 is 2.33 bits per heavy atom. The van der Waals surface area contributed by atoms with Gasteiger partial charge in [-0.15, -0.1) is 11.6 Å². The average Bonchev–Trinajstić information content (AvgIpc) is 3.22. The number of anilines is 1. The zero-order chi connectivity index (χ0) is 27.5. The highest BCUT2D eigenvalue weighted by Crippen LogP contribution is 2.45. The van der Waals surface area contributed by atoms with Gasteiger partial charge in [0, 0.05) is 17.9 Å². The van der Waals surface area contributed by atoms with Gasteiger partial charge in [0.1, 0.15) is 5.82 Å². The average molecular weight is 548 g/mol. The summed E-state index contributed by atoms with van der Waals surface area (Å²) < 4.78 is 18.8. The van der Waals surface area contributed by atoms with Crippen LogP contribution < -0.4 is 4.90 Å². The van der Waals surface area contributed by atoms with Crippen LogP contribution in [0, 0.1) is 17.7 Å². The van der Waals surface area contributed by atoms with E-state index < -0.39 is 29.6 Å². The van der Waals surface area contributed by atoms with Gasteiger partial charge in [0.05, 0.1) is 23.1 Å². The van der Waals surface area contributed by atoms with E-state index in [0.29, 0.717) is 18.5 Å². The second-order valence-corrected chi connectivity index (χ2v) is 10.3. The maximum absolute atomic E-state index is 13.4. The van der Waals surface area contributed by atoms with Crippen molar-refractivity contribution < 1.29 is 28.3 Å². The lowest BCUT2D eigenvalue weighted by atomic mass is 9.73. The number of Topliss-reactive ketones (excluding diaryl/α,β-unsaturated/α-hetero) is 1. The number of hydrogen-bond acceptors (Lipinski definition) is 5. The molecule has 6 nitrogen and oxygen atoms in total. The predicted molar refractivity (Wildman–Crippen MR) is 144 cm³/mol. The van der Waals surface area contributed by atoms with E-state index in [1.54, 1.807) is 12.1 Å². The van der Waals surface area contributed by atoms with Crippen molar-refractivity contribution in [3.05, 3.63) is 101 Å². The molecule has 1 aliphatic carbocycles. The number of ether oxygens (including phenoxy) is 1. The number of fused-ring (bicyclic) bond motifs is 1. The van der Waals surface area contributed by atoms with Crippen LogP contribution in [0.1, 0.15) is 57.9 Å². The number of esters is 1. The number of rotatable bonds is 8. The molecule has 1 saturated carbocycles. The zero-order valence-corrected chi connectivity index (χ0v) is 21.9. The van der Waals surface area contributed by atoms with E-state index in [0.717, 1.165) is 18.6 Å². The summed E-state index contributed by atoms with van der Waals surface area (Å²) in [5, 5.41) is 0. The first-order valence-corrected chi connectivity index (χ1v) is 13.5. The molecule has 200 valence electrons. The van der Waals surface area contributed by atoms with E-state index in [-0.39, 0.29) is 47.1 Å². The van der Waals surface area contributed by atoms with Crippen molar-refractivity contribution in [3.8, 4) is 0 Å². The molecule has 0 spiro atoms. The van der Waals surface area contributed by atoms with E-state index in [1.165, 1.54) is 34.7 Å². The molecule has 1 saturated heterocycles. The van der Waals surface area contributed by atoms with E-state index >= 15 is 0 Å². The molecule has 5 rings (SSSR count). The summed E-state index contributed by atoms with van der Waals surface area (Å²) in [6, 6.07) is 21.1. The normalized spacial score (nSPS) is 21.4. The van der Waals surface area contributed by atoms with Crippen LogP contribution in [0.2, 0.25) is 0 Å². The lowest BCUT2D eigenvalue weighted by Gasteiger charge is -2.28. The van der Waals surface area contributed by atoms with Crippen molar-refractivity contribution in [1.29, 1.82) is 0 Å². The van der Waals surface area contributed by atoms with Crippen LogP contribution in [-0.2, 0) is 14.3 Å². The summed E-state index contributed by atoms with van der Waals surface area (Å²) in [6.07, 6.45) is 0.950. The number of halogens is 2. The van der Waals surface area contributed by atoms with Crippen LogP contribution >= 0.6 is 11.6 Å². The number of imide groups is 1. The Labute approximate surface area is 230 Å². The molecular formula is C31H27ClFNO5. The Kier molecular flexibility index (Phi) is 7.89. The van der Waals surface area contributed by atoms with Crippen molar-refractivity contribution in [3.63, 3.8) is 0 Å². The standard InChI is InChI=1S/C31H27ClFNO5/c32-16-15-27(28(35)20-9-12-23(33)13-10-20)39-31(38)22-7-4-8-24(17-22)34-29(36)25-14-11-21(18-26(25)30(34)37)19-5-2-1-3-6-19/h1-10,12-13,17,21,25-27H,11,14-16,18H2. The highest BCUT2D eigenvalue weighted by atomic mass is 35.5. The zero-order valence-electron chi connectivity index (χ0n) is 21.1. The van der Waals surface area contributed by atoms with Gasteiger partial charge in [-0.3, -0.25) is 19.3 Å². The van der Waals surface area contributed by atoms with Crippen LogP contribution in [0.3, 0.4) is 0 Å². The molecule has 2 fully saturated rings. The third-order valence-corrected chi connectivity index (χ3v) is 7.80. The fourth-order valence-corrected chi connectivity index (χ4v) is 5.77. The van der Waals surface area contributed by atoms with Gasteiger partial charge in [0.25, 0.3) is 0 Å². The minimum atomic E-state index is -1.17. The summed E-state index contributed by atoms with van der Waals surface area (Å²) in [4.78, 5) is 53.9. The van der Waals surface area contributed by atoms with Crippen molar-refractivity contribution in [2.45, 2.75) is 37.7 Å². The van der Waals surface area contributed by atoms with Gasteiger partial charge in [-0.25, -0.2) is 9.18 Å². The van der Waals surface area contributed by atoms with Crippen LogP contribution in [0.4, 0.5) is 10.1 Å². The first-order valence-electron chi connectivity index (χ1n) is 13.0. The van der Waals surface area contributed by atoms with E-state index in [4.69, 9.17) is 16.3 Å². The Morgan fingerprint density at radius 1 is 0.897 bits per heavy atom. The van der Waals surface area contributed by atoms with Crippen molar-refractivity contribution in [1.82, 2.24) is 0 Å². The SMILES string of the molecule is O=C(OC(CCCl)C(=O)c1ccc(F)cc1)c1cccc(N2C(=O)C3CCC(c4ccccc4)CC3C2=O)c1. The Morgan fingerprint density at radius 2 is 1.62 bits per heavy atom. The number of hydrogen-bond donors (Lipinski definition) is 0. The molecule has 2 aliphatic rings. The molecule has 1 heterocycles. The van der Waals surface area contributed by atoms with Crippen LogP contribution in [0.15, 0.2) is 78.9 Å². The second-order valence-electron chi connectivity index (χ2n) is 9.94. The molecule has 0 radical (unpaired) electrons. The van der Waals surface area contributed by atoms with Crippen LogP contribution in [0.25, 0.3) is 0 Å². The van der Waals surface area contributed by atoms with E-state index in [1.807, 2.05) is 18.2 Å². The topological polar surface area (TPSA) is 80.8 Å². The van der Waals surface area contributed by atoms with Gasteiger partial charge in [0.2, 0.25) is 17.6 Å². The van der Waals surface area contributed by atoms with Crippen LogP contribution in [-0.4, -0.2) is 35.6 Å². The van der Waals surface area contributed by atoms with Gasteiger partial charge < -0.3 is 4.74 Å². The molecule has 4 unspecified atom stereocenters. The third kappa shape index (κ3) is 5.50. The van der Waals surface area contributed by atoms with Crippen molar-refractivity contribution >= 4 is 40.9 Å². The number of ketones is 1. The number of benzene rings is 3. The first kappa shape index (κ1) is 26.8. The largest absolute Gasteiger partial charge is 0.450 e. The lowest BCUT2D eigenvalue weighted by Crippen LogP contribution is -2.31. The minimum absolute atomic E-state index is 0.0639. The summed E-state index contributed by atoms with van der Waals surface area (Å²) in [6.45, 7) is 0. The van der Waals surface area contributed by atoms with Crippen LogP contribution in [0.5, 0.6) is 0 Å². The molecule has 3 aromatic carbocycles. The summed E-state index contributed by atoms with van der Waals surface area (Å²) in [5.74, 6) is -2.81. The maximum Gasteiger partial charge on any atom is 0.338 e. The molecule has 2 amide bonds. The van der Waals surface area contributed by atoms with Gasteiger partial charge in [0.15, 0.2) is 6.10 Å². The minimum Gasteiger partial charge on any atom is -0.450 e. The Bertz CT molecular complexity index is 1390. The maximum atomic E-state index is 13.4. The van der Waals surface area contributed by atoms with Gasteiger partial charge in [-0.2, -0.15) is 0 Å². The first-order chi connectivity index (χ1) is 18.9. The van der Waals surface area contributed by atoms with Crippen molar-refractivity contribution in [2.24, 2.45) is 11.8 Å². The number of amides is 2. The summed E-state index contributed by atoms with van der Waals surface area (Å²) >= 11 is 5.85. The monoisotopic (exact) mass is 547 g/mol. The summed E-state index contributed by atoms with van der Waals surface area (Å²) in [5.41, 5.74) is 1.75. The van der Waals surface area contributed by atoms with Gasteiger partial charge in [-0.05, 0) is 73.2 Å². The van der Waals surface area contributed by atoms with Gasteiger partial charge >= 0.3 is 5.97 Å². The molecule has 8 heteroatoms. The molecule has 3 aromatic rings.